The summed E-state index contributed by atoms with van der Waals surface area (Å²) < 4.78 is 14.2. The number of phenols is 3. The Morgan fingerprint density at radius 1 is 0.967 bits per heavy atom. The standard InChI is InChI=1S/C45H44N6O9/c1-4-28-30-17-27(52)11-12-35(30)46-39-33(28)21-50-36(39)19-31-34(42(50)55)22-59-43(56)40(31)60-45(58)49-15-13-25(14-16-49)6-5-24-7-9-26(10-8-24)51-41(47-48-44(51)57)32-18-29(23(2)3)37(53)20-38(32)54/h7-12,17-20,23,25,40,52-54H,4-6,13-16,21-22H2,1-3H3,(H,48,57). The molecular weight excluding hydrogens is 769 g/mol. The van der Waals surface area contributed by atoms with Crippen molar-refractivity contribution < 1.29 is 34.4 Å². The van der Waals surface area contributed by atoms with Crippen molar-refractivity contribution in [2.75, 3.05) is 13.1 Å². The van der Waals surface area contributed by atoms with Crippen molar-refractivity contribution in [2.24, 2.45) is 5.92 Å². The third kappa shape index (κ3) is 6.63. The van der Waals surface area contributed by atoms with Crippen molar-refractivity contribution in [2.45, 2.75) is 78.0 Å². The second-order valence-electron chi connectivity index (χ2n) is 16.1. The van der Waals surface area contributed by atoms with Gasteiger partial charge in [0.25, 0.3) is 5.56 Å². The first-order valence-electron chi connectivity index (χ1n) is 20.3. The average Bonchev–Trinajstić information content (AvgIpc) is 3.80. The predicted octanol–water partition coefficient (Wildman–Crippen LogP) is 6.35. The normalized spacial score (nSPS) is 16.2. The molecule has 1 amide bonds. The lowest BCUT2D eigenvalue weighted by molar-refractivity contribution is -0.158. The summed E-state index contributed by atoms with van der Waals surface area (Å²) in [6.45, 7) is 6.81. The van der Waals surface area contributed by atoms with E-state index in [9.17, 15) is 34.5 Å². The molecule has 0 saturated carbocycles. The zero-order valence-electron chi connectivity index (χ0n) is 33.4. The number of hydrogen-bond donors (Lipinski definition) is 4. The molecule has 0 bridgehead atoms. The topological polar surface area (TPSA) is 202 Å². The predicted molar refractivity (Wildman–Crippen MR) is 220 cm³/mol. The molecule has 3 aromatic carbocycles. The van der Waals surface area contributed by atoms with Gasteiger partial charge in [0.2, 0.25) is 6.10 Å². The number of phenolic OH excluding ortho intramolecular Hbond substituents is 3. The molecule has 4 N–H and O–H groups in total. The van der Waals surface area contributed by atoms with Gasteiger partial charge in [0, 0.05) is 35.7 Å². The van der Waals surface area contributed by atoms with Crippen molar-refractivity contribution in [3.63, 3.8) is 0 Å². The number of pyridine rings is 2. The molecule has 0 spiro atoms. The van der Waals surface area contributed by atoms with E-state index < -0.39 is 23.9 Å². The summed E-state index contributed by atoms with van der Waals surface area (Å²) in [5.74, 6) is -0.275. The van der Waals surface area contributed by atoms with Gasteiger partial charge in [-0.2, -0.15) is 5.10 Å². The number of fused-ring (bicyclic) bond motifs is 5. The summed E-state index contributed by atoms with van der Waals surface area (Å²) in [4.78, 5) is 59.9. The SMILES string of the molecule is CCc1c2c(nc3ccc(O)cc13)-c1cc3c(c(=O)n1C2)COC(=O)C3OC(=O)N1CCC(CCc2ccc(-n3c(-c4cc(C(C)C)c(O)cc4O)n[nH]c3=O)cc2)CC1. The molecule has 15 heteroatoms. The number of nitrogens with zero attached hydrogens (tertiary/aromatic N) is 5. The number of H-pyrrole nitrogens is 1. The van der Waals surface area contributed by atoms with Gasteiger partial charge in [-0.05, 0) is 103 Å². The minimum absolute atomic E-state index is 0.0213. The highest BCUT2D eigenvalue weighted by atomic mass is 16.6. The number of carbonyl (C=O) groups is 2. The van der Waals surface area contributed by atoms with E-state index in [1.54, 1.807) is 39.8 Å². The summed E-state index contributed by atoms with van der Waals surface area (Å²) in [7, 11) is 0. The maximum Gasteiger partial charge on any atom is 0.410 e. The summed E-state index contributed by atoms with van der Waals surface area (Å²) >= 11 is 0. The number of benzene rings is 3. The number of aromatic amines is 1. The monoisotopic (exact) mass is 812 g/mol. The van der Waals surface area contributed by atoms with Crippen LogP contribution in [0.3, 0.4) is 0 Å². The van der Waals surface area contributed by atoms with E-state index in [-0.39, 0.29) is 53.3 Å². The smallest absolute Gasteiger partial charge is 0.410 e. The number of aromatic nitrogens is 5. The molecule has 1 unspecified atom stereocenters. The van der Waals surface area contributed by atoms with Gasteiger partial charge in [0.1, 0.15) is 23.9 Å². The van der Waals surface area contributed by atoms with Crippen molar-refractivity contribution in [1.82, 2.24) is 29.2 Å². The van der Waals surface area contributed by atoms with Crippen LogP contribution in [-0.4, -0.2) is 69.7 Å². The number of nitrogens with one attached hydrogen (secondary N) is 1. The van der Waals surface area contributed by atoms with Crippen molar-refractivity contribution >= 4 is 23.0 Å². The number of piperidine rings is 1. The number of esters is 1. The largest absolute Gasteiger partial charge is 0.508 e. The fourth-order valence-electron chi connectivity index (χ4n) is 8.91. The lowest BCUT2D eigenvalue weighted by Gasteiger charge is -2.33. The van der Waals surface area contributed by atoms with Crippen LogP contribution < -0.4 is 11.2 Å². The molecule has 9 rings (SSSR count). The summed E-state index contributed by atoms with van der Waals surface area (Å²) in [5, 5.41) is 38.6. The fraction of sp³-hybridized carbons (Fsp3) is 0.333. The molecule has 3 aliphatic heterocycles. The quantitative estimate of drug-likeness (QED) is 0.125. The van der Waals surface area contributed by atoms with Crippen LogP contribution in [0.15, 0.2) is 70.3 Å². The van der Waals surface area contributed by atoms with Crippen molar-refractivity contribution in [3.05, 3.63) is 115 Å². The van der Waals surface area contributed by atoms with Gasteiger partial charge in [-0.25, -0.2) is 29.0 Å². The van der Waals surface area contributed by atoms with E-state index in [0.717, 1.165) is 47.8 Å². The van der Waals surface area contributed by atoms with E-state index in [2.05, 4.69) is 10.2 Å². The molecule has 3 aromatic heterocycles. The Morgan fingerprint density at radius 3 is 2.47 bits per heavy atom. The van der Waals surface area contributed by atoms with Crippen LogP contribution in [0, 0.1) is 5.92 Å². The third-order valence-electron chi connectivity index (χ3n) is 12.2. The van der Waals surface area contributed by atoms with E-state index in [1.165, 1.54) is 10.6 Å². The third-order valence-corrected chi connectivity index (χ3v) is 12.2. The molecule has 1 fully saturated rings. The molecule has 60 heavy (non-hydrogen) atoms. The molecule has 1 saturated heterocycles. The minimum atomic E-state index is -1.40. The highest BCUT2D eigenvalue weighted by Gasteiger charge is 2.39. The minimum Gasteiger partial charge on any atom is -0.508 e. The Balaban J connectivity index is 0.851. The number of aryl methyl sites for hydroxylation is 2. The number of carbonyl (C=O) groups excluding carboxylic acids is 2. The average molecular weight is 813 g/mol. The van der Waals surface area contributed by atoms with Crippen LogP contribution in [-0.2, 0) is 40.3 Å². The van der Waals surface area contributed by atoms with Crippen LogP contribution >= 0.6 is 0 Å². The molecule has 6 aromatic rings. The zero-order valence-corrected chi connectivity index (χ0v) is 33.4. The van der Waals surface area contributed by atoms with Crippen LogP contribution in [0.1, 0.15) is 85.4 Å². The Kier molecular flexibility index (Phi) is 9.68. The van der Waals surface area contributed by atoms with E-state index in [4.69, 9.17) is 14.5 Å². The van der Waals surface area contributed by atoms with Gasteiger partial charge >= 0.3 is 17.8 Å². The Hall–Kier alpha value is -6.90. The number of ether oxygens (including phenoxy) is 2. The van der Waals surface area contributed by atoms with Gasteiger partial charge < -0.3 is 34.3 Å². The summed E-state index contributed by atoms with van der Waals surface area (Å²) in [6.07, 6.45) is 1.75. The highest BCUT2D eigenvalue weighted by Crippen LogP contribution is 2.40. The van der Waals surface area contributed by atoms with Gasteiger partial charge in [0.15, 0.2) is 5.82 Å². The van der Waals surface area contributed by atoms with Crippen LogP contribution in [0.25, 0.3) is 39.4 Å². The van der Waals surface area contributed by atoms with Crippen LogP contribution in [0.4, 0.5) is 4.79 Å². The molecule has 0 radical (unpaired) electrons. The summed E-state index contributed by atoms with van der Waals surface area (Å²) in [6, 6.07) is 17.2. The lowest BCUT2D eigenvalue weighted by atomic mass is 9.90. The first-order chi connectivity index (χ1) is 28.9. The Morgan fingerprint density at radius 2 is 1.73 bits per heavy atom. The van der Waals surface area contributed by atoms with Gasteiger partial charge in [-0.15, -0.1) is 0 Å². The number of hydrogen-bond acceptors (Lipinski definition) is 11. The van der Waals surface area contributed by atoms with E-state index >= 15 is 0 Å². The molecule has 6 heterocycles. The number of aromatic hydroxyl groups is 3. The first-order valence-corrected chi connectivity index (χ1v) is 20.3. The van der Waals surface area contributed by atoms with Gasteiger partial charge in [-0.1, -0.05) is 32.9 Å². The summed E-state index contributed by atoms with van der Waals surface area (Å²) in [5.41, 5.74) is 6.08. The van der Waals surface area contributed by atoms with Crippen LogP contribution in [0.5, 0.6) is 17.2 Å². The highest BCUT2D eigenvalue weighted by molar-refractivity contribution is 5.89. The first kappa shape index (κ1) is 38.6. The zero-order chi connectivity index (χ0) is 42.0. The van der Waals surface area contributed by atoms with Crippen LogP contribution in [0.2, 0.25) is 0 Å². The molecule has 0 aliphatic carbocycles. The Bertz CT molecular complexity index is 2830. The molecule has 3 aliphatic rings. The van der Waals surface area contributed by atoms with Gasteiger partial charge in [-0.3, -0.25) is 4.79 Å². The molecule has 1 atom stereocenters. The lowest BCUT2D eigenvalue weighted by Crippen LogP contribution is -2.41. The van der Waals surface area contributed by atoms with E-state index in [0.29, 0.717) is 64.7 Å². The van der Waals surface area contributed by atoms with Crippen molar-refractivity contribution in [3.8, 4) is 45.7 Å². The Labute approximate surface area is 343 Å². The maximum atomic E-state index is 13.9. The molecular formula is C45H44N6O9. The van der Waals surface area contributed by atoms with Gasteiger partial charge in [0.05, 0.1) is 40.3 Å². The maximum absolute atomic E-state index is 13.9. The number of rotatable bonds is 8. The fourth-order valence-corrected chi connectivity index (χ4v) is 8.91. The number of cyclic esters (lactones) is 1. The van der Waals surface area contributed by atoms with Crippen molar-refractivity contribution in [1.29, 1.82) is 0 Å². The molecule has 308 valence electrons. The number of amides is 1. The molecule has 15 nitrogen and oxygen atoms in total. The number of likely N-dealkylation sites (tertiary alicyclic amines) is 1. The second kappa shape index (κ2) is 15.0. The second-order valence-corrected chi connectivity index (χ2v) is 16.1. The van der Waals surface area contributed by atoms with E-state index in [1.807, 2.05) is 45.0 Å².